The second-order valence-electron chi connectivity index (χ2n) is 5.65. The molecule has 0 amide bonds. The highest BCUT2D eigenvalue weighted by molar-refractivity contribution is 5.61. The van der Waals surface area contributed by atoms with Gasteiger partial charge < -0.3 is 10.2 Å². The van der Waals surface area contributed by atoms with Gasteiger partial charge in [-0.3, -0.25) is 10.1 Å². The second kappa shape index (κ2) is 7.36. The van der Waals surface area contributed by atoms with Crippen LogP contribution in [0, 0.1) is 17.0 Å². The van der Waals surface area contributed by atoms with Crippen LogP contribution in [-0.4, -0.2) is 35.6 Å². The van der Waals surface area contributed by atoms with Gasteiger partial charge in [-0.25, -0.2) is 4.98 Å². The quantitative estimate of drug-likeness (QED) is 0.644. The molecule has 1 aromatic rings. The topological polar surface area (TPSA) is 71.3 Å². The number of rotatable bonds is 6. The van der Waals surface area contributed by atoms with E-state index in [1.165, 1.54) is 12.8 Å². The van der Waals surface area contributed by atoms with Crippen LogP contribution in [0.1, 0.15) is 38.2 Å². The summed E-state index contributed by atoms with van der Waals surface area (Å²) in [6.45, 7) is 6.46. The first-order valence-electron chi connectivity index (χ1n) is 7.71. The molecule has 1 fully saturated rings. The highest BCUT2D eigenvalue weighted by Crippen LogP contribution is 2.29. The van der Waals surface area contributed by atoms with Crippen LogP contribution in [0.5, 0.6) is 0 Å². The molecule has 0 aromatic carbocycles. The van der Waals surface area contributed by atoms with Gasteiger partial charge >= 0.3 is 5.69 Å². The van der Waals surface area contributed by atoms with Gasteiger partial charge in [-0.05, 0) is 38.8 Å². The molecule has 2 rings (SSSR count). The number of aryl methyl sites for hydroxylation is 1. The van der Waals surface area contributed by atoms with Crippen LogP contribution in [0.4, 0.5) is 11.5 Å². The van der Waals surface area contributed by atoms with Crippen molar-refractivity contribution < 1.29 is 4.92 Å². The number of pyridine rings is 1. The van der Waals surface area contributed by atoms with Gasteiger partial charge in [0.25, 0.3) is 0 Å². The first kappa shape index (κ1) is 15.7. The minimum atomic E-state index is -0.311. The van der Waals surface area contributed by atoms with Crippen molar-refractivity contribution >= 4 is 11.5 Å². The highest BCUT2D eigenvalue weighted by Gasteiger charge is 2.25. The Hall–Kier alpha value is -1.69. The zero-order chi connectivity index (χ0) is 15.2. The second-order valence-corrected chi connectivity index (χ2v) is 5.65. The number of nitrogens with one attached hydrogen (secondary N) is 1. The maximum atomic E-state index is 11.4. The number of anilines is 1. The third-order valence-electron chi connectivity index (χ3n) is 3.94. The van der Waals surface area contributed by atoms with Gasteiger partial charge in [-0.2, -0.15) is 0 Å². The Morgan fingerprint density at radius 1 is 1.52 bits per heavy atom. The average Bonchev–Trinajstić information content (AvgIpc) is 2.47. The van der Waals surface area contributed by atoms with E-state index < -0.39 is 0 Å². The Kier molecular flexibility index (Phi) is 5.50. The monoisotopic (exact) mass is 292 g/mol. The van der Waals surface area contributed by atoms with E-state index in [4.69, 9.17) is 0 Å². The molecular formula is C15H24N4O2. The van der Waals surface area contributed by atoms with Crippen LogP contribution in [-0.2, 0) is 0 Å². The molecule has 1 atom stereocenters. The van der Waals surface area contributed by atoms with E-state index >= 15 is 0 Å². The normalized spacial score (nSPS) is 18.5. The van der Waals surface area contributed by atoms with Gasteiger partial charge in [0.05, 0.1) is 4.92 Å². The lowest BCUT2D eigenvalue weighted by molar-refractivity contribution is -0.384. The van der Waals surface area contributed by atoms with Crippen molar-refractivity contribution in [2.45, 2.75) is 45.6 Å². The van der Waals surface area contributed by atoms with E-state index in [1.54, 1.807) is 19.2 Å². The van der Waals surface area contributed by atoms with Gasteiger partial charge in [-0.15, -0.1) is 0 Å². The third kappa shape index (κ3) is 3.91. The Morgan fingerprint density at radius 3 is 2.95 bits per heavy atom. The largest absolute Gasteiger partial charge is 0.349 e. The first-order chi connectivity index (χ1) is 10.1. The summed E-state index contributed by atoms with van der Waals surface area (Å²) in [6, 6.07) is 2.09. The number of aromatic nitrogens is 1. The van der Waals surface area contributed by atoms with E-state index in [2.05, 4.69) is 22.1 Å². The number of piperidine rings is 1. The molecule has 0 bridgehead atoms. The maximum Gasteiger partial charge on any atom is 0.314 e. The van der Waals surface area contributed by atoms with Crippen molar-refractivity contribution in [3.8, 4) is 0 Å². The Balaban J connectivity index is 2.24. The molecule has 0 aliphatic carbocycles. The molecule has 1 N–H and O–H groups in total. The van der Waals surface area contributed by atoms with E-state index in [0.717, 1.165) is 32.5 Å². The molecule has 1 aliphatic heterocycles. The van der Waals surface area contributed by atoms with Gasteiger partial charge in [0, 0.05) is 30.9 Å². The van der Waals surface area contributed by atoms with Crippen molar-refractivity contribution in [2.75, 3.05) is 24.5 Å². The molecule has 1 saturated heterocycles. The summed E-state index contributed by atoms with van der Waals surface area (Å²) in [6.07, 6.45) is 6.17. The minimum Gasteiger partial charge on any atom is -0.349 e. The molecule has 0 radical (unpaired) electrons. The molecule has 1 aliphatic rings. The maximum absolute atomic E-state index is 11.4. The van der Waals surface area contributed by atoms with Gasteiger partial charge in [-0.1, -0.05) is 13.3 Å². The fraction of sp³-hybridized carbons (Fsp3) is 0.667. The van der Waals surface area contributed by atoms with Crippen molar-refractivity contribution in [1.29, 1.82) is 0 Å². The summed E-state index contributed by atoms with van der Waals surface area (Å²) in [5.41, 5.74) is 0.810. The van der Waals surface area contributed by atoms with Crippen LogP contribution in [0.25, 0.3) is 0 Å². The van der Waals surface area contributed by atoms with Crippen LogP contribution in [0.15, 0.2) is 12.3 Å². The Morgan fingerprint density at radius 2 is 2.33 bits per heavy atom. The van der Waals surface area contributed by atoms with Crippen LogP contribution < -0.4 is 10.2 Å². The summed E-state index contributed by atoms with van der Waals surface area (Å²) >= 11 is 0. The zero-order valence-electron chi connectivity index (χ0n) is 12.8. The smallest absolute Gasteiger partial charge is 0.314 e. The van der Waals surface area contributed by atoms with Gasteiger partial charge in [0.15, 0.2) is 0 Å². The van der Waals surface area contributed by atoms with Crippen LogP contribution >= 0.6 is 0 Å². The van der Waals surface area contributed by atoms with E-state index in [-0.39, 0.29) is 10.6 Å². The molecule has 1 aromatic heterocycles. The fourth-order valence-corrected chi connectivity index (χ4v) is 2.89. The highest BCUT2D eigenvalue weighted by atomic mass is 16.6. The molecule has 116 valence electrons. The third-order valence-corrected chi connectivity index (χ3v) is 3.94. The first-order valence-corrected chi connectivity index (χ1v) is 7.71. The van der Waals surface area contributed by atoms with Crippen molar-refractivity contribution in [1.82, 2.24) is 10.3 Å². The number of nitrogens with zero attached hydrogens (tertiary/aromatic N) is 3. The number of nitro groups is 1. The van der Waals surface area contributed by atoms with Crippen molar-refractivity contribution in [3.63, 3.8) is 0 Å². The van der Waals surface area contributed by atoms with E-state index in [1.807, 2.05) is 0 Å². The summed E-state index contributed by atoms with van der Waals surface area (Å²) in [5.74, 6) is 0.509. The molecule has 2 heterocycles. The Bertz CT molecular complexity index is 487. The lowest BCUT2D eigenvalue weighted by atomic mass is 10.0. The molecule has 0 spiro atoms. The van der Waals surface area contributed by atoms with Gasteiger partial charge in [0.1, 0.15) is 0 Å². The fourth-order valence-electron chi connectivity index (χ4n) is 2.89. The molecule has 6 heteroatoms. The zero-order valence-corrected chi connectivity index (χ0v) is 12.8. The average molecular weight is 292 g/mol. The summed E-state index contributed by atoms with van der Waals surface area (Å²) in [5, 5.41) is 14.9. The predicted molar refractivity (Wildman–Crippen MR) is 83.8 cm³/mol. The molecular weight excluding hydrogens is 268 g/mol. The Labute approximate surface area is 125 Å². The summed E-state index contributed by atoms with van der Waals surface area (Å²) < 4.78 is 0. The number of hydrogen-bond donors (Lipinski definition) is 1. The number of hydrogen-bond acceptors (Lipinski definition) is 5. The van der Waals surface area contributed by atoms with Crippen molar-refractivity contribution in [3.05, 3.63) is 27.9 Å². The van der Waals surface area contributed by atoms with E-state index in [9.17, 15) is 10.1 Å². The van der Waals surface area contributed by atoms with Crippen LogP contribution in [0.3, 0.4) is 0 Å². The van der Waals surface area contributed by atoms with Gasteiger partial charge in [0.2, 0.25) is 5.82 Å². The molecule has 0 saturated carbocycles. The summed E-state index contributed by atoms with van der Waals surface area (Å²) in [7, 11) is 0. The SMILES string of the molecule is CCCN(CC1CCCCN1)c1nccc(C)c1[N+](=O)[O-]. The lowest BCUT2D eigenvalue weighted by Gasteiger charge is -2.31. The minimum absolute atomic E-state index is 0.141. The lowest BCUT2D eigenvalue weighted by Crippen LogP contribution is -2.44. The van der Waals surface area contributed by atoms with Crippen molar-refractivity contribution in [2.24, 2.45) is 0 Å². The summed E-state index contributed by atoms with van der Waals surface area (Å²) in [4.78, 5) is 17.4. The molecule has 1 unspecified atom stereocenters. The molecule has 21 heavy (non-hydrogen) atoms. The standard InChI is InChI=1S/C15H24N4O2/c1-3-10-18(11-13-6-4-5-8-16-13)15-14(19(20)21)12(2)7-9-17-15/h7,9,13,16H,3-6,8,10-11H2,1-2H3. The predicted octanol–water partition coefficient (Wildman–Crippen LogP) is 2.66. The molecule has 6 nitrogen and oxygen atoms in total. The van der Waals surface area contributed by atoms with E-state index in [0.29, 0.717) is 17.4 Å². The van der Waals surface area contributed by atoms with Crippen LogP contribution in [0.2, 0.25) is 0 Å².